The normalized spacial score (nSPS) is 14.9. The summed E-state index contributed by atoms with van der Waals surface area (Å²) in [5, 5.41) is 10.7. The van der Waals surface area contributed by atoms with Crippen LogP contribution in [0.5, 0.6) is 5.75 Å². The zero-order valence-corrected chi connectivity index (χ0v) is 17.1. The number of carbonyl (C=O) groups is 1. The van der Waals surface area contributed by atoms with Crippen LogP contribution in [0.15, 0.2) is 56.0 Å². The van der Waals surface area contributed by atoms with Crippen LogP contribution < -0.4 is 4.74 Å². The average molecular weight is 496 g/mol. The molecule has 0 unspecified atom stereocenters. The lowest BCUT2D eigenvalue weighted by atomic mass is 10.2. The van der Waals surface area contributed by atoms with E-state index in [1.54, 1.807) is 18.2 Å². The summed E-state index contributed by atoms with van der Waals surface area (Å²) in [6.45, 7) is 2.41. The third kappa shape index (κ3) is 4.25. The topological polar surface area (TPSA) is 91.0 Å². The molecule has 2 aromatic carbocycles. The van der Waals surface area contributed by atoms with Crippen molar-refractivity contribution in [3.63, 3.8) is 0 Å². The molecule has 1 heterocycles. The Balaban J connectivity index is 1.91. The Morgan fingerprint density at radius 3 is 2.41 bits per heavy atom. The maximum absolute atomic E-state index is 12.1. The summed E-state index contributed by atoms with van der Waals surface area (Å²) >= 11 is 6.88. The molecule has 2 aromatic rings. The average Bonchev–Trinajstić information content (AvgIpc) is 2.99. The third-order valence-electron chi connectivity index (χ3n) is 3.56. The van der Waals surface area contributed by atoms with Gasteiger partial charge in [-0.15, -0.1) is 0 Å². The van der Waals surface area contributed by atoms with Crippen molar-refractivity contribution in [1.29, 1.82) is 0 Å². The summed E-state index contributed by atoms with van der Waals surface area (Å²) in [5.41, 5.74) is 1.28. The highest BCUT2D eigenvalue weighted by Crippen LogP contribution is 2.35. The predicted octanol–water partition coefficient (Wildman–Crippen LogP) is 4.86. The largest absolute Gasteiger partial charge is 0.492 e. The fourth-order valence-electron chi connectivity index (χ4n) is 2.36. The molecule has 9 heteroatoms. The molecule has 0 N–H and O–H groups in total. The Morgan fingerprint density at radius 2 is 1.85 bits per heavy atom. The van der Waals surface area contributed by atoms with Crippen LogP contribution in [0, 0.1) is 10.1 Å². The first-order valence-corrected chi connectivity index (χ1v) is 9.37. The molecule has 0 atom stereocenters. The molecule has 0 amide bonds. The van der Waals surface area contributed by atoms with Gasteiger partial charge in [-0.05, 0) is 74.7 Å². The SMILES string of the molecule is CCOc1c(Br)cc(/C=C2\N=C(c3ccc([N+](=O)[O-])cc3)OC2=O)cc1Br. The number of rotatable bonds is 5. The van der Waals surface area contributed by atoms with E-state index in [1.165, 1.54) is 24.3 Å². The highest BCUT2D eigenvalue weighted by atomic mass is 79.9. The van der Waals surface area contributed by atoms with Crippen LogP contribution in [-0.2, 0) is 9.53 Å². The van der Waals surface area contributed by atoms with Crippen LogP contribution >= 0.6 is 31.9 Å². The fraction of sp³-hybridized carbons (Fsp3) is 0.111. The van der Waals surface area contributed by atoms with E-state index >= 15 is 0 Å². The second-order valence-electron chi connectivity index (χ2n) is 5.39. The minimum Gasteiger partial charge on any atom is -0.492 e. The summed E-state index contributed by atoms with van der Waals surface area (Å²) in [6.07, 6.45) is 1.59. The van der Waals surface area contributed by atoms with Crippen LogP contribution in [0.1, 0.15) is 18.1 Å². The zero-order chi connectivity index (χ0) is 19.6. The Kier molecular flexibility index (Phi) is 5.71. The van der Waals surface area contributed by atoms with E-state index in [1.807, 2.05) is 6.92 Å². The maximum atomic E-state index is 12.1. The molecule has 138 valence electrons. The highest BCUT2D eigenvalue weighted by Gasteiger charge is 2.24. The summed E-state index contributed by atoms with van der Waals surface area (Å²) in [5.74, 6) is 0.179. The van der Waals surface area contributed by atoms with E-state index in [0.717, 1.165) is 14.5 Å². The number of nitro benzene ring substituents is 1. The number of non-ortho nitro benzene ring substituents is 1. The van der Waals surface area contributed by atoms with Crippen LogP contribution in [0.3, 0.4) is 0 Å². The fourth-order valence-corrected chi connectivity index (χ4v) is 3.81. The minimum absolute atomic E-state index is 0.0523. The Morgan fingerprint density at radius 1 is 1.22 bits per heavy atom. The van der Waals surface area contributed by atoms with Crippen molar-refractivity contribution < 1.29 is 19.2 Å². The summed E-state index contributed by atoms with van der Waals surface area (Å²) in [7, 11) is 0. The minimum atomic E-state index is -0.593. The van der Waals surface area contributed by atoms with Crippen molar-refractivity contribution in [2.75, 3.05) is 6.61 Å². The van der Waals surface area contributed by atoms with Gasteiger partial charge in [0.1, 0.15) is 5.75 Å². The van der Waals surface area contributed by atoms with Crippen molar-refractivity contribution >= 4 is 55.5 Å². The van der Waals surface area contributed by atoms with Crippen molar-refractivity contribution in [3.05, 3.63) is 72.3 Å². The lowest BCUT2D eigenvalue weighted by Gasteiger charge is -2.09. The molecule has 0 saturated carbocycles. The van der Waals surface area contributed by atoms with Crippen molar-refractivity contribution in [3.8, 4) is 5.75 Å². The Hall–Kier alpha value is -2.52. The lowest BCUT2D eigenvalue weighted by molar-refractivity contribution is -0.384. The monoisotopic (exact) mass is 494 g/mol. The van der Waals surface area contributed by atoms with E-state index in [2.05, 4.69) is 36.9 Å². The summed E-state index contributed by atoms with van der Waals surface area (Å²) in [4.78, 5) is 26.5. The van der Waals surface area contributed by atoms with Gasteiger partial charge in [0.05, 0.1) is 20.5 Å². The quantitative estimate of drug-likeness (QED) is 0.255. The number of halogens is 2. The van der Waals surface area contributed by atoms with Gasteiger partial charge in [0.15, 0.2) is 5.70 Å². The van der Waals surface area contributed by atoms with Gasteiger partial charge < -0.3 is 9.47 Å². The molecular formula is C18H12Br2N2O5. The number of hydrogen-bond donors (Lipinski definition) is 0. The molecule has 0 bridgehead atoms. The standard InChI is InChI=1S/C18H12Br2N2O5/c1-2-26-16-13(19)7-10(8-14(16)20)9-15-18(23)27-17(21-15)11-3-5-12(6-4-11)22(24)25/h3-9H,2H2,1H3/b15-9-. The number of nitrogens with zero attached hydrogens (tertiary/aromatic N) is 2. The Labute approximate surface area is 171 Å². The van der Waals surface area contributed by atoms with Crippen LogP contribution in [-0.4, -0.2) is 23.4 Å². The number of esters is 1. The van der Waals surface area contributed by atoms with Crippen LogP contribution in [0.4, 0.5) is 5.69 Å². The number of aliphatic imine (C=N–C) groups is 1. The van der Waals surface area contributed by atoms with Gasteiger partial charge in [-0.1, -0.05) is 0 Å². The number of ether oxygens (including phenoxy) is 2. The van der Waals surface area contributed by atoms with Gasteiger partial charge in [-0.3, -0.25) is 10.1 Å². The van der Waals surface area contributed by atoms with Gasteiger partial charge in [0, 0.05) is 17.7 Å². The molecule has 0 saturated heterocycles. The van der Waals surface area contributed by atoms with Crippen molar-refractivity contribution in [1.82, 2.24) is 0 Å². The first-order valence-electron chi connectivity index (χ1n) is 7.78. The molecule has 7 nitrogen and oxygen atoms in total. The lowest BCUT2D eigenvalue weighted by Crippen LogP contribution is -2.05. The smallest absolute Gasteiger partial charge is 0.363 e. The second kappa shape index (κ2) is 8.01. The van der Waals surface area contributed by atoms with Gasteiger partial charge in [-0.2, -0.15) is 0 Å². The summed E-state index contributed by atoms with van der Waals surface area (Å²) < 4.78 is 12.2. The number of cyclic esters (lactones) is 1. The first kappa shape index (κ1) is 19.2. The molecule has 1 aliphatic heterocycles. The molecule has 0 aromatic heterocycles. The highest BCUT2D eigenvalue weighted by molar-refractivity contribution is 9.11. The van der Waals surface area contributed by atoms with E-state index in [0.29, 0.717) is 17.9 Å². The second-order valence-corrected chi connectivity index (χ2v) is 7.10. The summed E-state index contributed by atoms with van der Waals surface area (Å²) in [6, 6.07) is 9.22. The Bertz CT molecular complexity index is 961. The molecule has 0 spiro atoms. The maximum Gasteiger partial charge on any atom is 0.363 e. The van der Waals surface area contributed by atoms with E-state index in [9.17, 15) is 14.9 Å². The number of carbonyl (C=O) groups excluding carboxylic acids is 1. The van der Waals surface area contributed by atoms with Gasteiger partial charge in [0.25, 0.3) is 5.69 Å². The molecule has 0 radical (unpaired) electrons. The number of benzene rings is 2. The molecule has 27 heavy (non-hydrogen) atoms. The van der Waals surface area contributed by atoms with E-state index in [-0.39, 0.29) is 17.3 Å². The van der Waals surface area contributed by atoms with Gasteiger partial charge in [-0.25, -0.2) is 9.79 Å². The van der Waals surface area contributed by atoms with Crippen LogP contribution in [0.2, 0.25) is 0 Å². The molecule has 0 aliphatic carbocycles. The number of nitro groups is 1. The number of hydrogen-bond acceptors (Lipinski definition) is 6. The molecular weight excluding hydrogens is 484 g/mol. The van der Waals surface area contributed by atoms with E-state index < -0.39 is 10.9 Å². The third-order valence-corrected chi connectivity index (χ3v) is 4.74. The molecule has 3 rings (SSSR count). The molecule has 1 aliphatic rings. The zero-order valence-electron chi connectivity index (χ0n) is 13.9. The van der Waals surface area contributed by atoms with Gasteiger partial charge in [0.2, 0.25) is 5.90 Å². The predicted molar refractivity (Wildman–Crippen MR) is 107 cm³/mol. The van der Waals surface area contributed by atoms with Gasteiger partial charge >= 0.3 is 5.97 Å². The van der Waals surface area contributed by atoms with E-state index in [4.69, 9.17) is 9.47 Å². The molecule has 0 fully saturated rings. The van der Waals surface area contributed by atoms with Crippen LogP contribution in [0.25, 0.3) is 6.08 Å². The van der Waals surface area contributed by atoms with Crippen molar-refractivity contribution in [2.45, 2.75) is 6.92 Å². The first-order chi connectivity index (χ1) is 12.9. The van der Waals surface area contributed by atoms with Crippen molar-refractivity contribution in [2.24, 2.45) is 4.99 Å².